The summed E-state index contributed by atoms with van der Waals surface area (Å²) in [5.74, 6) is 0.115. The SMILES string of the molecule is COc1ccc(OC)c(N(CC(=O)N/N=C\c2cccc3ccccc23)S(C)(=O)=O)c1. The second-order valence-corrected chi connectivity index (χ2v) is 8.58. The van der Waals surface area contributed by atoms with Crippen LogP contribution in [0.4, 0.5) is 5.69 Å². The highest BCUT2D eigenvalue weighted by Gasteiger charge is 2.24. The Morgan fingerprint density at radius 1 is 1.06 bits per heavy atom. The standard InChI is InChI=1S/C22H23N3O5S/c1-29-18-11-12-21(30-2)20(13-18)25(31(3,27)28)15-22(26)24-23-14-17-9-6-8-16-7-4-5-10-19(16)17/h4-14H,15H2,1-3H3,(H,24,26)/b23-14-. The van der Waals surface area contributed by atoms with Crippen LogP contribution in [0.15, 0.2) is 65.8 Å². The lowest BCUT2D eigenvalue weighted by molar-refractivity contribution is -0.119. The van der Waals surface area contributed by atoms with Crippen molar-refractivity contribution in [3.63, 3.8) is 0 Å². The number of hydrogen-bond acceptors (Lipinski definition) is 6. The van der Waals surface area contributed by atoms with Crippen LogP contribution in [0.5, 0.6) is 11.5 Å². The third-order valence-electron chi connectivity index (χ3n) is 4.56. The van der Waals surface area contributed by atoms with Crippen LogP contribution >= 0.6 is 0 Å². The van der Waals surface area contributed by atoms with E-state index in [2.05, 4.69) is 10.5 Å². The van der Waals surface area contributed by atoms with Crippen LogP contribution in [0, 0.1) is 0 Å². The predicted molar refractivity (Wildman–Crippen MR) is 121 cm³/mol. The molecule has 8 nitrogen and oxygen atoms in total. The minimum absolute atomic E-state index is 0.192. The van der Waals surface area contributed by atoms with Crippen LogP contribution in [-0.2, 0) is 14.8 Å². The number of rotatable bonds is 8. The molecule has 0 aliphatic rings. The average Bonchev–Trinajstić information content (AvgIpc) is 2.76. The number of fused-ring (bicyclic) bond motifs is 1. The van der Waals surface area contributed by atoms with Gasteiger partial charge in [-0.3, -0.25) is 9.10 Å². The van der Waals surface area contributed by atoms with Crippen LogP contribution in [0.3, 0.4) is 0 Å². The minimum Gasteiger partial charge on any atom is -0.497 e. The molecule has 31 heavy (non-hydrogen) atoms. The molecule has 0 spiro atoms. The van der Waals surface area contributed by atoms with Crippen molar-refractivity contribution in [1.29, 1.82) is 0 Å². The fourth-order valence-electron chi connectivity index (χ4n) is 3.08. The zero-order valence-electron chi connectivity index (χ0n) is 17.4. The number of amides is 1. The Morgan fingerprint density at radius 2 is 1.81 bits per heavy atom. The van der Waals surface area contributed by atoms with Gasteiger partial charge in [0.1, 0.15) is 18.0 Å². The van der Waals surface area contributed by atoms with Crippen LogP contribution < -0.4 is 19.2 Å². The normalized spacial score (nSPS) is 11.5. The van der Waals surface area contributed by atoms with Gasteiger partial charge in [-0.1, -0.05) is 42.5 Å². The highest BCUT2D eigenvalue weighted by Crippen LogP contribution is 2.33. The van der Waals surface area contributed by atoms with E-state index in [1.807, 2.05) is 42.5 Å². The zero-order chi connectivity index (χ0) is 22.4. The number of methoxy groups -OCH3 is 2. The van der Waals surface area contributed by atoms with Crippen LogP contribution in [0.25, 0.3) is 10.8 Å². The third-order valence-corrected chi connectivity index (χ3v) is 5.68. The fourth-order valence-corrected chi connectivity index (χ4v) is 3.93. The van der Waals surface area contributed by atoms with Gasteiger partial charge < -0.3 is 9.47 Å². The maximum atomic E-state index is 12.5. The highest BCUT2D eigenvalue weighted by atomic mass is 32.2. The molecule has 0 saturated heterocycles. The summed E-state index contributed by atoms with van der Waals surface area (Å²) in [6.45, 7) is -0.477. The summed E-state index contributed by atoms with van der Waals surface area (Å²) in [5.41, 5.74) is 3.41. The van der Waals surface area contributed by atoms with E-state index in [0.29, 0.717) is 11.5 Å². The Labute approximate surface area is 181 Å². The summed E-state index contributed by atoms with van der Waals surface area (Å²) in [5, 5.41) is 6.03. The van der Waals surface area contributed by atoms with Crippen molar-refractivity contribution in [2.75, 3.05) is 31.3 Å². The quantitative estimate of drug-likeness (QED) is 0.428. The minimum atomic E-state index is -3.79. The molecule has 3 aromatic rings. The van der Waals surface area contributed by atoms with Crippen LogP contribution in [0.2, 0.25) is 0 Å². The molecule has 162 valence electrons. The molecule has 3 aromatic carbocycles. The van der Waals surface area contributed by atoms with Gasteiger partial charge in [0.25, 0.3) is 5.91 Å². The van der Waals surface area contributed by atoms with Gasteiger partial charge in [-0.25, -0.2) is 13.8 Å². The summed E-state index contributed by atoms with van der Waals surface area (Å²) >= 11 is 0. The first kappa shape index (κ1) is 22.1. The van der Waals surface area contributed by atoms with Gasteiger partial charge in [-0.05, 0) is 22.9 Å². The molecule has 0 atom stereocenters. The number of benzene rings is 3. The lowest BCUT2D eigenvalue weighted by Gasteiger charge is -2.23. The second-order valence-electron chi connectivity index (χ2n) is 6.67. The second kappa shape index (κ2) is 9.48. The van der Waals surface area contributed by atoms with Crippen LogP contribution in [0.1, 0.15) is 5.56 Å². The number of nitrogens with zero attached hydrogens (tertiary/aromatic N) is 2. The van der Waals surface area contributed by atoms with Gasteiger partial charge >= 0.3 is 0 Å². The van der Waals surface area contributed by atoms with E-state index < -0.39 is 22.5 Å². The van der Waals surface area contributed by atoms with Crippen molar-refractivity contribution in [3.05, 3.63) is 66.2 Å². The lowest BCUT2D eigenvalue weighted by atomic mass is 10.1. The molecule has 1 amide bonds. The predicted octanol–water partition coefficient (Wildman–Crippen LogP) is 2.77. The van der Waals surface area contributed by atoms with Gasteiger partial charge in [0.2, 0.25) is 10.0 Å². The van der Waals surface area contributed by atoms with Crippen molar-refractivity contribution in [2.24, 2.45) is 5.10 Å². The molecule has 0 bridgehead atoms. The van der Waals surface area contributed by atoms with E-state index in [1.165, 1.54) is 26.5 Å². The number of carbonyl (C=O) groups excluding carboxylic acids is 1. The number of sulfonamides is 1. The number of carbonyl (C=O) groups is 1. The maximum absolute atomic E-state index is 12.5. The first-order chi connectivity index (χ1) is 14.8. The number of anilines is 1. The zero-order valence-corrected chi connectivity index (χ0v) is 18.2. The largest absolute Gasteiger partial charge is 0.497 e. The first-order valence-electron chi connectivity index (χ1n) is 9.33. The Hall–Kier alpha value is -3.59. The average molecular weight is 442 g/mol. The molecule has 9 heteroatoms. The molecule has 3 rings (SSSR count). The van der Waals surface area contributed by atoms with Crippen molar-refractivity contribution >= 4 is 38.6 Å². The first-order valence-corrected chi connectivity index (χ1v) is 11.2. The molecule has 0 heterocycles. The molecule has 1 N–H and O–H groups in total. The fraction of sp³-hybridized carbons (Fsp3) is 0.182. The number of ether oxygens (including phenoxy) is 2. The van der Waals surface area contributed by atoms with E-state index in [1.54, 1.807) is 12.1 Å². The van der Waals surface area contributed by atoms with Crippen molar-refractivity contribution in [1.82, 2.24) is 5.43 Å². The van der Waals surface area contributed by atoms with Crippen molar-refractivity contribution in [3.8, 4) is 11.5 Å². The molecule has 0 saturated carbocycles. The summed E-state index contributed by atoms with van der Waals surface area (Å²) in [4.78, 5) is 12.5. The Balaban J connectivity index is 1.80. The number of nitrogens with one attached hydrogen (secondary N) is 1. The van der Waals surface area contributed by atoms with E-state index >= 15 is 0 Å². The lowest BCUT2D eigenvalue weighted by Crippen LogP contribution is -2.39. The van der Waals surface area contributed by atoms with Crippen molar-refractivity contribution in [2.45, 2.75) is 0 Å². The molecule has 0 aliphatic heterocycles. The Morgan fingerprint density at radius 3 is 2.52 bits per heavy atom. The molecular formula is C22H23N3O5S. The van der Waals surface area contributed by atoms with Gasteiger partial charge in [0.15, 0.2) is 0 Å². The van der Waals surface area contributed by atoms with Gasteiger partial charge in [0, 0.05) is 11.6 Å². The molecule has 0 unspecified atom stereocenters. The monoisotopic (exact) mass is 441 g/mol. The molecular weight excluding hydrogens is 418 g/mol. The van der Waals surface area contributed by atoms with E-state index in [4.69, 9.17) is 9.47 Å². The number of hydrazone groups is 1. The van der Waals surface area contributed by atoms with Crippen molar-refractivity contribution < 1.29 is 22.7 Å². The molecule has 0 aliphatic carbocycles. The van der Waals surface area contributed by atoms with E-state index in [-0.39, 0.29) is 5.69 Å². The topological polar surface area (TPSA) is 97.3 Å². The molecule has 0 radical (unpaired) electrons. The smallest absolute Gasteiger partial charge is 0.260 e. The van der Waals surface area contributed by atoms with Crippen LogP contribution in [-0.4, -0.2) is 47.6 Å². The summed E-state index contributed by atoms with van der Waals surface area (Å²) in [6, 6.07) is 18.3. The molecule has 0 fully saturated rings. The summed E-state index contributed by atoms with van der Waals surface area (Å²) < 4.78 is 36.1. The Bertz CT molecular complexity index is 1220. The van der Waals surface area contributed by atoms with E-state index in [9.17, 15) is 13.2 Å². The van der Waals surface area contributed by atoms with E-state index in [0.717, 1.165) is 26.9 Å². The molecule has 0 aromatic heterocycles. The third kappa shape index (κ3) is 5.32. The Kier molecular flexibility index (Phi) is 6.76. The van der Waals surface area contributed by atoms with Gasteiger partial charge in [-0.2, -0.15) is 5.10 Å². The maximum Gasteiger partial charge on any atom is 0.260 e. The number of hydrogen-bond donors (Lipinski definition) is 1. The van der Waals surface area contributed by atoms with Gasteiger partial charge in [-0.15, -0.1) is 0 Å². The van der Waals surface area contributed by atoms with Gasteiger partial charge in [0.05, 0.1) is 32.4 Å². The summed E-state index contributed by atoms with van der Waals surface area (Å²) in [6.07, 6.45) is 2.54. The highest BCUT2D eigenvalue weighted by molar-refractivity contribution is 7.92. The summed E-state index contributed by atoms with van der Waals surface area (Å²) in [7, 11) is -0.911.